The Balaban J connectivity index is 1.36. The number of anilines is 2. The van der Waals surface area contributed by atoms with Crippen molar-refractivity contribution in [3.05, 3.63) is 106 Å². The van der Waals surface area contributed by atoms with Crippen LogP contribution in [0.25, 0.3) is 0 Å². The lowest BCUT2D eigenvalue weighted by atomic mass is 9.90. The van der Waals surface area contributed by atoms with Gasteiger partial charge in [0.1, 0.15) is 10.9 Å². The number of thiazole rings is 1. The van der Waals surface area contributed by atoms with Crippen LogP contribution >= 0.6 is 11.3 Å². The third-order valence-corrected chi connectivity index (χ3v) is 7.55. The molecule has 4 aromatic rings. The lowest BCUT2D eigenvalue weighted by molar-refractivity contribution is -0.118. The molecular weight excluding hydrogens is 500 g/mol. The number of aromatic carboxylic acids is 1. The summed E-state index contributed by atoms with van der Waals surface area (Å²) >= 11 is 1.47. The molecule has 2 N–H and O–H groups in total. The number of nitrogens with zero attached hydrogens (tertiary/aromatic N) is 3. The van der Waals surface area contributed by atoms with Gasteiger partial charge in [-0.2, -0.15) is 0 Å². The molecule has 0 saturated carbocycles. The Labute approximate surface area is 222 Å². The van der Waals surface area contributed by atoms with E-state index in [2.05, 4.69) is 10.3 Å². The van der Waals surface area contributed by atoms with Crippen LogP contribution in [0, 0.1) is 0 Å². The van der Waals surface area contributed by atoms with Gasteiger partial charge in [-0.15, -0.1) is 11.3 Å². The highest BCUT2D eigenvalue weighted by Gasteiger charge is 2.36. The Bertz CT molecular complexity index is 1600. The molecule has 2 aliphatic rings. The van der Waals surface area contributed by atoms with Gasteiger partial charge in [-0.25, -0.2) is 9.78 Å². The molecule has 1 unspecified atom stereocenters. The SMILES string of the molecule is O=C(O)c1ccc2c(c1)NC(=O)C2C(=Nc1ccc2c(c1)CCN2C(=O)Cc1nccs1)c1ccccc1. The lowest BCUT2D eigenvalue weighted by Gasteiger charge is -2.17. The number of hydrogen-bond donors (Lipinski definition) is 2. The van der Waals surface area contributed by atoms with Crippen LogP contribution < -0.4 is 10.2 Å². The molecule has 2 amide bonds. The van der Waals surface area contributed by atoms with Crippen molar-refractivity contribution < 1.29 is 19.5 Å². The zero-order chi connectivity index (χ0) is 26.2. The first-order valence-electron chi connectivity index (χ1n) is 12.1. The first-order chi connectivity index (χ1) is 18.5. The van der Waals surface area contributed by atoms with Gasteiger partial charge in [0.2, 0.25) is 11.8 Å². The molecular formula is C29H22N4O4S. The molecule has 6 rings (SSSR count). The maximum Gasteiger partial charge on any atom is 0.335 e. The van der Waals surface area contributed by atoms with Gasteiger partial charge < -0.3 is 15.3 Å². The molecule has 3 heterocycles. The fourth-order valence-corrected chi connectivity index (χ4v) is 5.60. The fraction of sp³-hybridized carbons (Fsp3) is 0.138. The Kier molecular flexibility index (Phi) is 6.05. The molecule has 0 spiro atoms. The number of aliphatic imine (C=N–C) groups is 1. The molecule has 1 aromatic heterocycles. The minimum atomic E-state index is -1.06. The minimum absolute atomic E-state index is 0.0138. The van der Waals surface area contributed by atoms with Crippen molar-refractivity contribution in [1.82, 2.24) is 4.98 Å². The van der Waals surface area contributed by atoms with Crippen molar-refractivity contribution in [2.75, 3.05) is 16.8 Å². The number of aromatic nitrogens is 1. The van der Waals surface area contributed by atoms with Crippen LogP contribution in [0.15, 0.2) is 83.3 Å². The number of carbonyl (C=O) groups excluding carboxylic acids is 2. The standard InChI is InChI=1S/C29H22N4O4S/c34-25(16-24-30-11-13-38-24)33-12-10-18-14-20(7-9-23(18)33)31-27(17-4-2-1-3-5-17)26-21-8-6-19(29(36)37)15-22(21)32-28(26)35/h1-9,11,13-15,26H,10,12,16H2,(H,32,35)(H,36,37). The van der Waals surface area contributed by atoms with E-state index in [1.165, 1.54) is 23.5 Å². The molecule has 8 nitrogen and oxygen atoms in total. The summed E-state index contributed by atoms with van der Waals surface area (Å²) in [6.07, 6.45) is 2.69. The first kappa shape index (κ1) is 23.7. The smallest absolute Gasteiger partial charge is 0.335 e. The van der Waals surface area contributed by atoms with Crippen molar-refractivity contribution in [2.45, 2.75) is 18.8 Å². The van der Waals surface area contributed by atoms with Gasteiger partial charge in [0.25, 0.3) is 0 Å². The largest absolute Gasteiger partial charge is 0.478 e. The molecule has 188 valence electrons. The summed E-state index contributed by atoms with van der Waals surface area (Å²) in [7, 11) is 0. The quantitative estimate of drug-likeness (QED) is 0.352. The van der Waals surface area contributed by atoms with Gasteiger partial charge in [0.05, 0.1) is 23.4 Å². The van der Waals surface area contributed by atoms with E-state index in [0.29, 0.717) is 35.6 Å². The molecule has 0 fully saturated rings. The van der Waals surface area contributed by atoms with Crippen LogP contribution in [0.5, 0.6) is 0 Å². The number of hydrogen-bond acceptors (Lipinski definition) is 6. The zero-order valence-electron chi connectivity index (χ0n) is 20.1. The third-order valence-electron chi connectivity index (χ3n) is 6.77. The number of carboxylic acid groups (broad SMARTS) is 1. The Morgan fingerprint density at radius 1 is 1.08 bits per heavy atom. The average Bonchev–Trinajstić information content (AvgIpc) is 3.65. The van der Waals surface area contributed by atoms with Crippen LogP contribution in [0.2, 0.25) is 0 Å². The molecule has 0 aliphatic carbocycles. The van der Waals surface area contributed by atoms with E-state index in [0.717, 1.165) is 21.8 Å². The predicted molar refractivity (Wildman–Crippen MR) is 146 cm³/mol. The molecule has 0 saturated heterocycles. The van der Waals surface area contributed by atoms with E-state index >= 15 is 0 Å². The van der Waals surface area contributed by atoms with Crippen molar-refractivity contribution in [1.29, 1.82) is 0 Å². The molecule has 38 heavy (non-hydrogen) atoms. The fourth-order valence-electron chi connectivity index (χ4n) is 4.99. The molecule has 0 radical (unpaired) electrons. The van der Waals surface area contributed by atoms with Crippen LogP contribution in [0.1, 0.15) is 38.0 Å². The van der Waals surface area contributed by atoms with Gasteiger partial charge in [-0.3, -0.25) is 14.6 Å². The Hall–Kier alpha value is -4.63. The van der Waals surface area contributed by atoms with Gasteiger partial charge >= 0.3 is 5.97 Å². The van der Waals surface area contributed by atoms with E-state index in [1.54, 1.807) is 17.2 Å². The van der Waals surface area contributed by atoms with Gasteiger partial charge in [0.15, 0.2) is 0 Å². The minimum Gasteiger partial charge on any atom is -0.478 e. The maximum atomic E-state index is 13.2. The highest BCUT2D eigenvalue weighted by Crippen LogP contribution is 2.38. The van der Waals surface area contributed by atoms with E-state index in [-0.39, 0.29) is 23.8 Å². The Morgan fingerprint density at radius 3 is 2.68 bits per heavy atom. The number of benzene rings is 3. The lowest BCUT2D eigenvalue weighted by Crippen LogP contribution is -2.30. The van der Waals surface area contributed by atoms with Crippen LogP contribution in [-0.2, 0) is 22.4 Å². The number of amides is 2. The second-order valence-electron chi connectivity index (χ2n) is 9.10. The summed E-state index contributed by atoms with van der Waals surface area (Å²) in [5, 5.41) is 14.8. The van der Waals surface area contributed by atoms with Crippen molar-refractivity contribution >= 4 is 51.9 Å². The number of rotatable bonds is 6. The van der Waals surface area contributed by atoms with Crippen molar-refractivity contribution in [2.24, 2.45) is 4.99 Å². The molecule has 9 heteroatoms. The Morgan fingerprint density at radius 2 is 1.92 bits per heavy atom. The number of nitrogens with one attached hydrogen (secondary N) is 1. The second-order valence-corrected chi connectivity index (χ2v) is 10.1. The second kappa shape index (κ2) is 9.68. The van der Waals surface area contributed by atoms with Crippen molar-refractivity contribution in [3.8, 4) is 0 Å². The van der Waals surface area contributed by atoms with Crippen LogP contribution in [0.4, 0.5) is 17.1 Å². The number of fused-ring (bicyclic) bond motifs is 2. The molecule has 0 bridgehead atoms. The molecule has 2 aliphatic heterocycles. The predicted octanol–water partition coefficient (Wildman–Crippen LogP) is 4.83. The molecule has 3 aromatic carbocycles. The summed E-state index contributed by atoms with van der Waals surface area (Å²) in [4.78, 5) is 48.5. The number of carbonyl (C=O) groups is 3. The van der Waals surface area contributed by atoms with Crippen LogP contribution in [-0.4, -0.2) is 40.1 Å². The van der Waals surface area contributed by atoms with Gasteiger partial charge in [-0.1, -0.05) is 36.4 Å². The summed E-state index contributed by atoms with van der Waals surface area (Å²) in [5.74, 6) is -2.00. The summed E-state index contributed by atoms with van der Waals surface area (Å²) in [6.45, 7) is 0.600. The maximum absolute atomic E-state index is 13.2. The van der Waals surface area contributed by atoms with Gasteiger partial charge in [-0.05, 0) is 53.4 Å². The molecule has 1 atom stereocenters. The van der Waals surface area contributed by atoms with Crippen LogP contribution in [0.3, 0.4) is 0 Å². The van der Waals surface area contributed by atoms with E-state index in [1.807, 2.05) is 53.9 Å². The van der Waals surface area contributed by atoms with E-state index < -0.39 is 11.9 Å². The average molecular weight is 523 g/mol. The third kappa shape index (κ3) is 4.37. The number of carboxylic acids is 1. The summed E-state index contributed by atoms with van der Waals surface area (Å²) in [6, 6.07) is 19.9. The first-order valence-corrected chi connectivity index (χ1v) is 13.0. The highest BCUT2D eigenvalue weighted by atomic mass is 32.1. The van der Waals surface area contributed by atoms with Gasteiger partial charge in [0, 0.05) is 29.5 Å². The topological polar surface area (TPSA) is 112 Å². The van der Waals surface area contributed by atoms with E-state index in [4.69, 9.17) is 4.99 Å². The van der Waals surface area contributed by atoms with Crippen molar-refractivity contribution in [3.63, 3.8) is 0 Å². The summed E-state index contributed by atoms with van der Waals surface area (Å²) in [5.41, 5.74) is 5.21. The highest BCUT2D eigenvalue weighted by molar-refractivity contribution is 7.09. The normalized spacial score (nSPS) is 16.2. The monoisotopic (exact) mass is 522 g/mol. The summed E-state index contributed by atoms with van der Waals surface area (Å²) < 4.78 is 0. The van der Waals surface area contributed by atoms with E-state index in [9.17, 15) is 19.5 Å². The zero-order valence-corrected chi connectivity index (χ0v) is 20.9.